The van der Waals surface area contributed by atoms with Gasteiger partial charge in [-0.05, 0) is 29.7 Å². The molecule has 0 unspecified atom stereocenters. The van der Waals surface area contributed by atoms with Crippen molar-refractivity contribution in [2.24, 2.45) is 0 Å². The minimum absolute atomic E-state index is 0. The highest BCUT2D eigenvalue weighted by Gasteiger charge is 2.24. The van der Waals surface area contributed by atoms with Crippen molar-refractivity contribution in [2.75, 3.05) is 19.6 Å². The Kier molecular flexibility index (Phi) is 8.60. The predicted octanol–water partition coefficient (Wildman–Crippen LogP) is 1.81. The molecule has 162 valence electrons. The average molecular weight is 450 g/mol. The van der Waals surface area contributed by atoms with Crippen LogP contribution in [0.15, 0.2) is 57.7 Å². The Balaban J connectivity index is 0.00000160. The third-order valence-corrected chi connectivity index (χ3v) is 5.07. The van der Waals surface area contributed by atoms with Gasteiger partial charge in [-0.3, -0.25) is 14.7 Å². The normalized spacial score (nSPS) is 17.2. The van der Waals surface area contributed by atoms with Gasteiger partial charge in [0.15, 0.2) is 5.58 Å². The number of benzene rings is 2. The van der Waals surface area contributed by atoms with Gasteiger partial charge in [0.2, 0.25) is 5.91 Å². The van der Waals surface area contributed by atoms with Crippen LogP contribution in [0.4, 0.5) is 0 Å². The second-order valence-electron chi connectivity index (χ2n) is 7.25. The topological polar surface area (TPSA) is 98.6 Å². The van der Waals surface area contributed by atoms with Crippen molar-refractivity contribution < 1.29 is 14.3 Å². The Morgan fingerprint density at radius 3 is 2.70 bits per heavy atom. The van der Waals surface area contributed by atoms with Gasteiger partial charge < -0.3 is 14.8 Å². The summed E-state index contributed by atoms with van der Waals surface area (Å²) in [5.41, 5.74) is 2.89. The van der Waals surface area contributed by atoms with Gasteiger partial charge in [-0.15, -0.1) is 0 Å². The number of aliphatic hydroxyl groups is 1. The van der Waals surface area contributed by atoms with E-state index in [1.807, 2.05) is 30.3 Å². The van der Waals surface area contributed by atoms with E-state index in [-0.39, 0.29) is 51.5 Å². The summed E-state index contributed by atoms with van der Waals surface area (Å²) in [7, 11) is 0. The van der Waals surface area contributed by atoms with E-state index in [4.69, 9.17) is 4.42 Å². The van der Waals surface area contributed by atoms with E-state index in [0.29, 0.717) is 24.2 Å². The largest absolute Gasteiger partial charge is 0.417 e. The summed E-state index contributed by atoms with van der Waals surface area (Å²) < 4.78 is 5.00. The fourth-order valence-electron chi connectivity index (χ4n) is 3.70. The Labute approximate surface area is 188 Å². The number of rotatable bonds is 6. The van der Waals surface area contributed by atoms with Crippen molar-refractivity contribution in [3.63, 3.8) is 0 Å². The quantitative estimate of drug-likeness (QED) is 0.533. The molecule has 2 heterocycles. The van der Waals surface area contributed by atoms with Crippen LogP contribution in [0.25, 0.3) is 11.1 Å². The van der Waals surface area contributed by atoms with Crippen LogP contribution in [0.5, 0.6) is 0 Å². The lowest BCUT2D eigenvalue weighted by atomic mass is 10.1. The van der Waals surface area contributed by atoms with Crippen molar-refractivity contribution in [3.8, 4) is 0 Å². The molecule has 0 aliphatic carbocycles. The summed E-state index contributed by atoms with van der Waals surface area (Å²) >= 11 is 0. The van der Waals surface area contributed by atoms with E-state index in [1.54, 1.807) is 18.2 Å². The van der Waals surface area contributed by atoms with Crippen LogP contribution in [0.2, 0.25) is 0 Å². The third kappa shape index (κ3) is 5.91. The number of hydrogen-bond donors (Lipinski definition) is 3. The SMILES string of the molecule is O=C(Cc1ccc2oc(=O)[nH]c2c1)N[C@H](CN1CC[C@H](O)C1)c1ccccc1.S.S. The zero-order valence-electron chi connectivity index (χ0n) is 16.4. The molecule has 2 aromatic carbocycles. The molecule has 0 spiro atoms. The number of fused-ring (bicyclic) bond motifs is 1. The molecule has 2 atom stereocenters. The first kappa shape index (κ1) is 24.1. The third-order valence-electron chi connectivity index (χ3n) is 5.07. The van der Waals surface area contributed by atoms with Crippen LogP contribution < -0.4 is 11.1 Å². The van der Waals surface area contributed by atoms with Crippen LogP contribution in [-0.2, 0) is 11.2 Å². The van der Waals surface area contributed by atoms with Gasteiger partial charge in [0.05, 0.1) is 24.1 Å². The van der Waals surface area contributed by atoms with Gasteiger partial charge in [-0.1, -0.05) is 36.4 Å². The monoisotopic (exact) mass is 449 g/mol. The Hall–Kier alpha value is -2.20. The molecule has 3 aromatic rings. The summed E-state index contributed by atoms with van der Waals surface area (Å²) in [6, 6.07) is 14.9. The van der Waals surface area contributed by atoms with Gasteiger partial charge in [-0.25, -0.2) is 4.79 Å². The number of carbonyl (C=O) groups excluding carboxylic acids is 1. The Bertz CT molecular complexity index is 1020. The fourth-order valence-corrected chi connectivity index (χ4v) is 3.70. The summed E-state index contributed by atoms with van der Waals surface area (Å²) in [4.78, 5) is 28.8. The highest BCUT2D eigenvalue weighted by molar-refractivity contribution is 7.59. The maximum atomic E-state index is 12.7. The molecule has 0 bridgehead atoms. The Morgan fingerprint density at radius 1 is 1.23 bits per heavy atom. The fraction of sp³-hybridized carbons (Fsp3) is 0.333. The number of likely N-dealkylation sites (tertiary alicyclic amines) is 1. The molecule has 9 heteroatoms. The van der Waals surface area contributed by atoms with E-state index >= 15 is 0 Å². The van der Waals surface area contributed by atoms with Crippen molar-refractivity contribution in [3.05, 3.63) is 70.2 Å². The van der Waals surface area contributed by atoms with Crippen molar-refractivity contribution >= 4 is 44.0 Å². The predicted molar refractivity (Wildman–Crippen MR) is 126 cm³/mol. The summed E-state index contributed by atoms with van der Waals surface area (Å²) in [5, 5.41) is 12.9. The number of amides is 1. The first-order chi connectivity index (χ1) is 13.6. The van der Waals surface area contributed by atoms with Crippen LogP contribution in [0.3, 0.4) is 0 Å². The lowest BCUT2D eigenvalue weighted by Crippen LogP contribution is -2.38. The molecule has 1 aliphatic heterocycles. The molecule has 30 heavy (non-hydrogen) atoms. The Morgan fingerprint density at radius 2 is 2.00 bits per heavy atom. The number of oxazole rings is 1. The number of carbonyl (C=O) groups is 1. The molecular weight excluding hydrogens is 422 g/mol. The van der Waals surface area contributed by atoms with Crippen LogP contribution in [0, 0.1) is 0 Å². The second-order valence-corrected chi connectivity index (χ2v) is 7.25. The lowest BCUT2D eigenvalue weighted by molar-refractivity contribution is -0.121. The smallest absolute Gasteiger partial charge is 0.408 e. The van der Waals surface area contributed by atoms with Gasteiger partial charge in [0.25, 0.3) is 0 Å². The van der Waals surface area contributed by atoms with Crippen LogP contribution in [-0.4, -0.2) is 46.6 Å². The summed E-state index contributed by atoms with van der Waals surface area (Å²) in [6.07, 6.45) is 0.670. The number of aliphatic hydroxyl groups excluding tert-OH is 1. The highest BCUT2D eigenvalue weighted by atomic mass is 32.1. The number of nitrogens with zero attached hydrogens (tertiary/aromatic N) is 1. The molecule has 4 rings (SSSR count). The second kappa shape index (κ2) is 10.7. The van der Waals surface area contributed by atoms with Crippen molar-refractivity contribution in [2.45, 2.75) is 25.0 Å². The molecule has 1 aliphatic rings. The molecule has 1 saturated heterocycles. The van der Waals surface area contributed by atoms with Crippen molar-refractivity contribution in [1.82, 2.24) is 15.2 Å². The van der Waals surface area contributed by atoms with Gasteiger partial charge >= 0.3 is 5.76 Å². The first-order valence-electron chi connectivity index (χ1n) is 9.43. The van der Waals surface area contributed by atoms with E-state index in [2.05, 4.69) is 15.2 Å². The first-order valence-corrected chi connectivity index (χ1v) is 9.43. The molecule has 3 N–H and O–H groups in total. The zero-order chi connectivity index (χ0) is 19.5. The number of nitrogens with one attached hydrogen (secondary N) is 2. The zero-order valence-corrected chi connectivity index (χ0v) is 18.4. The van der Waals surface area contributed by atoms with Gasteiger partial charge in [-0.2, -0.15) is 27.0 Å². The van der Waals surface area contributed by atoms with E-state index in [9.17, 15) is 14.7 Å². The molecule has 1 amide bonds. The van der Waals surface area contributed by atoms with E-state index in [1.165, 1.54) is 0 Å². The maximum Gasteiger partial charge on any atom is 0.417 e. The number of hydrogen-bond acceptors (Lipinski definition) is 5. The molecule has 1 fully saturated rings. The van der Waals surface area contributed by atoms with E-state index in [0.717, 1.165) is 24.1 Å². The van der Waals surface area contributed by atoms with Gasteiger partial charge in [0.1, 0.15) is 0 Å². The molecule has 1 aromatic heterocycles. The number of β-amino-alcohol motifs (C(OH)–C–C–N with tert-alkyl or cyclic N) is 1. The van der Waals surface area contributed by atoms with Gasteiger partial charge in [0, 0.05) is 19.6 Å². The maximum absolute atomic E-state index is 12.7. The van der Waals surface area contributed by atoms with Crippen molar-refractivity contribution in [1.29, 1.82) is 0 Å². The summed E-state index contributed by atoms with van der Waals surface area (Å²) in [5.74, 6) is -0.604. The average Bonchev–Trinajstić information content (AvgIpc) is 3.25. The molecule has 7 nitrogen and oxygen atoms in total. The number of H-pyrrole nitrogens is 1. The number of aromatic amines is 1. The minimum atomic E-state index is -0.506. The standard InChI is InChI=1S/C21H23N3O4.2H2S/c25-16-8-9-24(12-16)13-18(15-4-2-1-3-5-15)22-20(26)11-14-6-7-19-17(10-14)23-21(27)28-19;;/h1-7,10,16,18,25H,8-9,11-13H2,(H,22,26)(H,23,27);2*1H2/t16-,18+;;/m0../s1. The lowest BCUT2D eigenvalue weighted by Gasteiger charge is -2.25. The van der Waals surface area contributed by atoms with E-state index < -0.39 is 5.76 Å². The van der Waals surface area contributed by atoms with Crippen LogP contribution >= 0.6 is 27.0 Å². The molecule has 0 saturated carbocycles. The highest BCUT2D eigenvalue weighted by Crippen LogP contribution is 2.19. The molecular formula is C21H27N3O4S2. The minimum Gasteiger partial charge on any atom is -0.408 e. The molecule has 0 radical (unpaired) electrons. The number of aromatic nitrogens is 1. The van der Waals surface area contributed by atoms with Crippen LogP contribution in [0.1, 0.15) is 23.6 Å². The summed E-state index contributed by atoms with van der Waals surface area (Å²) in [6.45, 7) is 2.11.